The van der Waals surface area contributed by atoms with Gasteiger partial charge in [-0.15, -0.1) is 12.3 Å². The number of terminal acetylenes is 1. The van der Waals surface area contributed by atoms with E-state index >= 15 is 0 Å². The Balaban J connectivity index is 2.98. The van der Waals surface area contributed by atoms with Gasteiger partial charge in [-0.3, -0.25) is 0 Å². The molecule has 0 bridgehead atoms. The van der Waals surface area contributed by atoms with Crippen LogP contribution in [0.4, 0.5) is 13.2 Å². The summed E-state index contributed by atoms with van der Waals surface area (Å²) >= 11 is 0. The average Bonchev–Trinajstić information content (AvgIpc) is 2.26. The Morgan fingerprint density at radius 2 is 1.88 bits per heavy atom. The van der Waals surface area contributed by atoms with Crippen molar-refractivity contribution < 1.29 is 13.2 Å². The van der Waals surface area contributed by atoms with E-state index in [1.165, 1.54) is 0 Å². The van der Waals surface area contributed by atoms with Crippen molar-refractivity contribution in [3.8, 4) is 12.3 Å². The van der Waals surface area contributed by atoms with Gasteiger partial charge in [0.05, 0.1) is 0 Å². The molecule has 0 saturated heterocycles. The first-order valence-electron chi connectivity index (χ1n) is 4.85. The molecule has 86 valence electrons. The zero-order chi connectivity index (χ0) is 12.1. The zero-order valence-electron chi connectivity index (χ0n) is 8.86. The van der Waals surface area contributed by atoms with Crippen LogP contribution in [0.15, 0.2) is 12.1 Å². The number of nitrogens with one attached hydrogen (secondary N) is 1. The van der Waals surface area contributed by atoms with Crippen molar-refractivity contribution in [2.24, 2.45) is 0 Å². The van der Waals surface area contributed by atoms with Crippen LogP contribution < -0.4 is 5.32 Å². The largest absolute Gasteiger partial charge is 0.313 e. The molecule has 0 aliphatic rings. The molecule has 0 amide bonds. The molecule has 0 saturated carbocycles. The van der Waals surface area contributed by atoms with Crippen LogP contribution in [0.5, 0.6) is 0 Å². The van der Waals surface area contributed by atoms with Crippen molar-refractivity contribution in [3.63, 3.8) is 0 Å². The second-order valence-corrected chi connectivity index (χ2v) is 3.38. The fraction of sp³-hybridized carbons (Fsp3) is 0.333. The van der Waals surface area contributed by atoms with Crippen LogP contribution in [0.25, 0.3) is 0 Å². The first kappa shape index (κ1) is 12.6. The molecule has 1 N–H and O–H groups in total. The van der Waals surface area contributed by atoms with Gasteiger partial charge < -0.3 is 5.32 Å². The van der Waals surface area contributed by atoms with Crippen LogP contribution >= 0.6 is 0 Å². The second kappa shape index (κ2) is 5.57. The summed E-state index contributed by atoms with van der Waals surface area (Å²) in [6, 6.07) is 1.69. The minimum atomic E-state index is -1.45. The van der Waals surface area contributed by atoms with E-state index in [0.29, 0.717) is 18.4 Å². The predicted molar refractivity (Wildman–Crippen MR) is 56.2 cm³/mol. The highest BCUT2D eigenvalue weighted by atomic mass is 19.2. The first-order valence-corrected chi connectivity index (χ1v) is 4.85. The van der Waals surface area contributed by atoms with E-state index in [4.69, 9.17) is 6.42 Å². The van der Waals surface area contributed by atoms with Gasteiger partial charge in [-0.1, -0.05) is 0 Å². The monoisotopic (exact) mass is 227 g/mol. The lowest BCUT2D eigenvalue weighted by Gasteiger charge is -2.15. The Kier molecular flexibility index (Phi) is 4.39. The van der Waals surface area contributed by atoms with Crippen LogP contribution in [0.1, 0.15) is 24.4 Å². The third kappa shape index (κ3) is 2.77. The van der Waals surface area contributed by atoms with Crippen molar-refractivity contribution in [1.82, 2.24) is 5.32 Å². The van der Waals surface area contributed by atoms with Gasteiger partial charge in [0.1, 0.15) is 0 Å². The molecule has 0 aliphatic heterocycles. The van der Waals surface area contributed by atoms with Crippen LogP contribution in [-0.2, 0) is 0 Å². The van der Waals surface area contributed by atoms with E-state index in [-0.39, 0.29) is 6.04 Å². The molecule has 1 unspecified atom stereocenters. The van der Waals surface area contributed by atoms with Gasteiger partial charge in [0.25, 0.3) is 0 Å². The fourth-order valence-corrected chi connectivity index (χ4v) is 1.48. The first-order chi connectivity index (χ1) is 7.60. The summed E-state index contributed by atoms with van der Waals surface area (Å²) in [5.41, 5.74) is 0.356. The minimum Gasteiger partial charge on any atom is -0.313 e. The van der Waals surface area contributed by atoms with Gasteiger partial charge in [-0.05, 0) is 31.2 Å². The van der Waals surface area contributed by atoms with Crippen molar-refractivity contribution in [2.45, 2.75) is 18.9 Å². The van der Waals surface area contributed by atoms with Crippen molar-refractivity contribution in [1.29, 1.82) is 0 Å². The molecule has 0 fully saturated rings. The summed E-state index contributed by atoms with van der Waals surface area (Å²) in [5, 5.41) is 2.88. The lowest BCUT2D eigenvalue weighted by molar-refractivity contribution is 0.439. The molecule has 0 spiro atoms. The predicted octanol–water partition coefficient (Wildman–Crippen LogP) is 2.78. The maximum Gasteiger partial charge on any atom is 0.194 e. The zero-order valence-corrected chi connectivity index (χ0v) is 8.86. The highest BCUT2D eigenvalue weighted by Gasteiger charge is 2.15. The SMILES string of the molecule is C#CCCC(NC)c1cc(F)c(F)c(F)c1. The molecular weight excluding hydrogens is 215 g/mol. The van der Waals surface area contributed by atoms with Crippen LogP contribution in [-0.4, -0.2) is 7.05 Å². The molecule has 1 atom stereocenters. The summed E-state index contributed by atoms with van der Waals surface area (Å²) in [7, 11) is 1.65. The van der Waals surface area contributed by atoms with Crippen LogP contribution in [0.2, 0.25) is 0 Å². The van der Waals surface area contributed by atoms with E-state index < -0.39 is 17.5 Å². The van der Waals surface area contributed by atoms with Gasteiger partial charge in [0.15, 0.2) is 17.5 Å². The van der Waals surface area contributed by atoms with Gasteiger partial charge in [-0.2, -0.15) is 0 Å². The third-order valence-electron chi connectivity index (χ3n) is 2.33. The fourth-order valence-electron chi connectivity index (χ4n) is 1.48. The van der Waals surface area contributed by atoms with E-state index in [9.17, 15) is 13.2 Å². The topological polar surface area (TPSA) is 12.0 Å². The number of rotatable bonds is 4. The smallest absolute Gasteiger partial charge is 0.194 e. The number of halogens is 3. The number of hydrogen-bond donors (Lipinski definition) is 1. The maximum atomic E-state index is 13.0. The van der Waals surface area contributed by atoms with E-state index in [1.807, 2.05) is 0 Å². The summed E-state index contributed by atoms with van der Waals surface area (Å²) in [6.07, 6.45) is 6.13. The standard InChI is InChI=1S/C12H12F3N/c1-3-4-5-11(16-2)8-6-9(13)12(15)10(14)7-8/h1,6-7,11,16H,4-5H2,2H3. The summed E-state index contributed by atoms with van der Waals surface area (Å²) in [6.45, 7) is 0. The Bertz CT molecular complexity index is 386. The molecule has 1 nitrogen and oxygen atoms in total. The normalized spacial score (nSPS) is 12.2. The highest BCUT2D eigenvalue weighted by molar-refractivity contribution is 5.22. The van der Waals surface area contributed by atoms with Crippen molar-refractivity contribution in [2.75, 3.05) is 7.05 Å². The molecular formula is C12H12F3N. The molecule has 0 heterocycles. The lowest BCUT2D eigenvalue weighted by atomic mass is 10.0. The maximum absolute atomic E-state index is 13.0. The Morgan fingerprint density at radius 1 is 1.31 bits per heavy atom. The van der Waals surface area contributed by atoms with E-state index in [2.05, 4.69) is 11.2 Å². The Labute approximate surface area is 92.7 Å². The van der Waals surface area contributed by atoms with E-state index in [1.54, 1.807) is 7.05 Å². The summed E-state index contributed by atoms with van der Waals surface area (Å²) in [5.74, 6) is -1.38. The Hall–Kier alpha value is -1.47. The lowest BCUT2D eigenvalue weighted by Crippen LogP contribution is -2.17. The van der Waals surface area contributed by atoms with Crippen molar-refractivity contribution in [3.05, 3.63) is 35.1 Å². The minimum absolute atomic E-state index is 0.277. The number of benzene rings is 1. The molecule has 1 rings (SSSR count). The number of hydrogen-bond acceptors (Lipinski definition) is 1. The molecule has 0 aliphatic carbocycles. The van der Waals surface area contributed by atoms with Crippen LogP contribution in [0.3, 0.4) is 0 Å². The molecule has 1 aromatic carbocycles. The van der Waals surface area contributed by atoms with Gasteiger partial charge in [0, 0.05) is 12.5 Å². The van der Waals surface area contributed by atoms with E-state index in [0.717, 1.165) is 12.1 Å². The highest BCUT2D eigenvalue weighted by Crippen LogP contribution is 2.22. The third-order valence-corrected chi connectivity index (χ3v) is 2.33. The van der Waals surface area contributed by atoms with Crippen molar-refractivity contribution >= 4 is 0 Å². The average molecular weight is 227 g/mol. The van der Waals surface area contributed by atoms with Gasteiger partial charge in [-0.25, -0.2) is 13.2 Å². The van der Waals surface area contributed by atoms with Gasteiger partial charge in [0.2, 0.25) is 0 Å². The quantitative estimate of drug-likeness (QED) is 0.616. The Morgan fingerprint density at radius 3 is 2.31 bits per heavy atom. The molecule has 4 heteroatoms. The second-order valence-electron chi connectivity index (χ2n) is 3.38. The molecule has 16 heavy (non-hydrogen) atoms. The van der Waals surface area contributed by atoms with Crippen LogP contribution in [0, 0.1) is 29.8 Å². The summed E-state index contributed by atoms with van der Waals surface area (Å²) < 4.78 is 38.7. The molecule has 0 aromatic heterocycles. The van der Waals surface area contributed by atoms with Gasteiger partial charge >= 0.3 is 0 Å². The molecule has 0 radical (unpaired) electrons. The summed E-state index contributed by atoms with van der Waals surface area (Å²) in [4.78, 5) is 0. The molecule has 1 aromatic rings.